The first-order valence-corrected chi connectivity index (χ1v) is 9.41. The second kappa shape index (κ2) is 8.10. The summed E-state index contributed by atoms with van der Waals surface area (Å²) in [6.07, 6.45) is -5.69. The minimum Gasteiger partial charge on any atom is -0.747 e. The van der Waals surface area contributed by atoms with E-state index in [4.69, 9.17) is 4.74 Å². The predicted molar refractivity (Wildman–Crippen MR) is 80.9 cm³/mol. The lowest BCUT2D eigenvalue weighted by molar-refractivity contribution is -0.396. The highest BCUT2D eigenvalue weighted by atomic mass is 32.2. The number of ether oxygens (including phenoxy) is 1. The van der Waals surface area contributed by atoms with Gasteiger partial charge in [-0.25, -0.2) is 8.42 Å². The maximum Gasteiger partial charge on any atom is 0.460 e. The summed E-state index contributed by atoms with van der Waals surface area (Å²) in [5, 5.41) is -1.43. The molecule has 0 aromatic carbocycles. The van der Waals surface area contributed by atoms with Crippen LogP contribution in [0.1, 0.15) is 26.2 Å². The van der Waals surface area contributed by atoms with Crippen LogP contribution in [0.25, 0.3) is 0 Å². The lowest BCUT2D eigenvalue weighted by Gasteiger charge is -2.33. The van der Waals surface area contributed by atoms with Crippen molar-refractivity contribution in [2.75, 3.05) is 6.61 Å². The fourth-order valence-corrected chi connectivity index (χ4v) is 2.83. The summed E-state index contributed by atoms with van der Waals surface area (Å²) in [5.41, 5.74) is -1.25. The van der Waals surface area contributed by atoms with Crippen molar-refractivity contribution in [3.05, 3.63) is 24.3 Å². The summed E-state index contributed by atoms with van der Waals surface area (Å²) < 4.78 is 152. The van der Waals surface area contributed by atoms with Crippen molar-refractivity contribution in [3.63, 3.8) is 0 Å². The molecule has 0 aromatic heterocycles. The standard InChI is InChI=1S/C15H17F9O4S/c1-11(7-4-10(5-8-11)29(25,26)27)28-9-3-2-6-12(16,17)13(18,19)14(20,21)15(22,23)24/h4-5,7-8,10H,2-3,6,9H2,1H3,(H,25,26,27)/p-1. The molecule has 0 bridgehead atoms. The predicted octanol–water partition coefficient (Wildman–Crippen LogP) is 4.44. The molecule has 0 radical (unpaired) electrons. The van der Waals surface area contributed by atoms with E-state index in [1.54, 1.807) is 0 Å². The van der Waals surface area contributed by atoms with Crippen molar-refractivity contribution in [2.24, 2.45) is 0 Å². The van der Waals surface area contributed by atoms with Crippen LogP contribution in [0.5, 0.6) is 0 Å². The molecule has 0 N–H and O–H groups in total. The third kappa shape index (κ3) is 5.66. The van der Waals surface area contributed by atoms with E-state index < -0.39 is 70.8 Å². The van der Waals surface area contributed by atoms with Crippen molar-refractivity contribution >= 4 is 10.1 Å². The molecule has 1 aliphatic carbocycles. The molecule has 1 rings (SSSR count). The number of alkyl halides is 9. The molecule has 1 aliphatic rings. The van der Waals surface area contributed by atoms with E-state index in [1.165, 1.54) is 19.1 Å². The van der Waals surface area contributed by atoms with Gasteiger partial charge in [0.1, 0.15) is 15.7 Å². The van der Waals surface area contributed by atoms with Gasteiger partial charge in [-0.1, -0.05) is 24.3 Å². The molecule has 0 amide bonds. The third-order valence-electron chi connectivity index (χ3n) is 4.07. The van der Waals surface area contributed by atoms with Gasteiger partial charge in [0.05, 0.1) is 5.25 Å². The van der Waals surface area contributed by atoms with Gasteiger partial charge < -0.3 is 9.29 Å². The van der Waals surface area contributed by atoms with E-state index in [-0.39, 0.29) is 0 Å². The van der Waals surface area contributed by atoms with Crippen molar-refractivity contribution < 1.29 is 57.2 Å². The quantitative estimate of drug-likeness (QED) is 0.220. The topological polar surface area (TPSA) is 66.4 Å². The van der Waals surface area contributed by atoms with Crippen molar-refractivity contribution in [1.82, 2.24) is 0 Å². The zero-order chi connectivity index (χ0) is 22.9. The van der Waals surface area contributed by atoms with Crippen LogP contribution in [0.15, 0.2) is 24.3 Å². The van der Waals surface area contributed by atoms with Crippen LogP contribution in [-0.4, -0.2) is 54.4 Å². The van der Waals surface area contributed by atoms with Crippen LogP contribution in [0, 0.1) is 0 Å². The molecule has 0 unspecified atom stereocenters. The van der Waals surface area contributed by atoms with Gasteiger partial charge in [-0.15, -0.1) is 0 Å². The van der Waals surface area contributed by atoms with E-state index in [1.807, 2.05) is 0 Å². The van der Waals surface area contributed by atoms with Crippen molar-refractivity contribution in [1.29, 1.82) is 0 Å². The number of hydrogen-bond acceptors (Lipinski definition) is 4. The normalized spacial score (nSPS) is 24.2. The van der Waals surface area contributed by atoms with E-state index in [2.05, 4.69) is 0 Å². The molecule has 0 saturated carbocycles. The lowest BCUT2D eigenvalue weighted by Crippen LogP contribution is -2.60. The summed E-state index contributed by atoms with van der Waals surface area (Å²) >= 11 is 0. The summed E-state index contributed by atoms with van der Waals surface area (Å²) in [4.78, 5) is 0. The van der Waals surface area contributed by atoms with Gasteiger partial charge in [-0.2, -0.15) is 39.5 Å². The smallest absolute Gasteiger partial charge is 0.460 e. The monoisotopic (exact) mass is 463 g/mol. The lowest BCUT2D eigenvalue weighted by atomic mass is 9.98. The fourth-order valence-electron chi connectivity index (χ4n) is 2.29. The third-order valence-corrected chi connectivity index (χ3v) is 5.06. The Balaban J connectivity index is 2.59. The first-order chi connectivity index (χ1) is 12.8. The fraction of sp³-hybridized carbons (Fsp3) is 0.733. The van der Waals surface area contributed by atoms with Crippen LogP contribution in [-0.2, 0) is 14.9 Å². The van der Waals surface area contributed by atoms with Crippen LogP contribution in [0.2, 0.25) is 0 Å². The van der Waals surface area contributed by atoms with Crippen LogP contribution < -0.4 is 0 Å². The van der Waals surface area contributed by atoms with Crippen LogP contribution in [0.3, 0.4) is 0 Å². The van der Waals surface area contributed by atoms with Crippen LogP contribution >= 0.6 is 0 Å². The van der Waals surface area contributed by atoms with Gasteiger partial charge in [0.25, 0.3) is 0 Å². The Kier molecular flexibility index (Phi) is 7.19. The largest absolute Gasteiger partial charge is 0.747 e. The van der Waals surface area contributed by atoms with Crippen molar-refractivity contribution in [3.8, 4) is 0 Å². The average molecular weight is 463 g/mol. The SMILES string of the molecule is CC1(OCCCCC(F)(F)C(F)(F)C(F)(F)C(F)(F)F)C=CC(S(=O)(=O)[O-])C=C1. The number of hydrogen-bond donors (Lipinski definition) is 0. The highest BCUT2D eigenvalue weighted by Gasteiger charge is 2.81. The minimum absolute atomic E-state index is 0.392. The Labute approximate surface area is 160 Å². The van der Waals surface area contributed by atoms with E-state index in [0.29, 0.717) is 0 Å². The highest BCUT2D eigenvalue weighted by Crippen LogP contribution is 2.54. The Morgan fingerprint density at radius 3 is 1.83 bits per heavy atom. The molecule has 170 valence electrons. The first kappa shape index (κ1) is 25.8. The summed E-state index contributed by atoms with van der Waals surface area (Å²) in [6, 6.07) is 0. The molecule has 0 aliphatic heterocycles. The molecule has 0 heterocycles. The molecule has 14 heteroatoms. The first-order valence-electron chi connectivity index (χ1n) is 7.94. The summed E-state index contributed by atoms with van der Waals surface area (Å²) in [6.45, 7) is 0.998. The van der Waals surface area contributed by atoms with Gasteiger partial charge in [-0.3, -0.25) is 0 Å². The molecule has 0 aromatic rings. The van der Waals surface area contributed by atoms with Crippen molar-refractivity contribution in [2.45, 2.75) is 61.0 Å². The van der Waals surface area contributed by atoms with E-state index in [0.717, 1.165) is 12.2 Å². The molecule has 4 nitrogen and oxygen atoms in total. The Hall–Kier alpha value is -1.28. The molecule has 29 heavy (non-hydrogen) atoms. The second-order valence-corrected chi connectivity index (χ2v) is 8.05. The van der Waals surface area contributed by atoms with Gasteiger partial charge in [0, 0.05) is 13.0 Å². The van der Waals surface area contributed by atoms with Crippen LogP contribution in [0.4, 0.5) is 39.5 Å². The van der Waals surface area contributed by atoms with Gasteiger partial charge in [0.2, 0.25) is 0 Å². The average Bonchev–Trinajstić information content (AvgIpc) is 2.52. The molecule has 0 saturated heterocycles. The van der Waals surface area contributed by atoms with Gasteiger partial charge in [-0.05, 0) is 19.8 Å². The second-order valence-electron chi connectivity index (χ2n) is 6.52. The Morgan fingerprint density at radius 1 is 0.931 bits per heavy atom. The maximum atomic E-state index is 13.4. The van der Waals surface area contributed by atoms with Gasteiger partial charge in [0.15, 0.2) is 0 Å². The number of unbranched alkanes of at least 4 members (excludes halogenated alkanes) is 1. The molecular formula is C15H16F9O4S-. The Bertz CT molecular complexity index is 727. The maximum absolute atomic E-state index is 13.4. The Morgan fingerprint density at radius 2 is 1.41 bits per heavy atom. The number of rotatable bonds is 9. The molecule has 0 atom stereocenters. The highest BCUT2D eigenvalue weighted by molar-refractivity contribution is 7.86. The molecule has 0 spiro atoms. The molecular weight excluding hydrogens is 447 g/mol. The summed E-state index contributed by atoms with van der Waals surface area (Å²) in [7, 11) is -4.63. The zero-order valence-corrected chi connectivity index (χ0v) is 15.5. The zero-order valence-electron chi connectivity index (χ0n) is 14.7. The molecule has 0 fully saturated rings. The number of halogens is 9. The van der Waals surface area contributed by atoms with E-state index >= 15 is 0 Å². The summed E-state index contributed by atoms with van der Waals surface area (Å²) in [5.74, 6) is -19.2. The minimum atomic E-state index is -6.91. The van der Waals surface area contributed by atoms with E-state index in [9.17, 15) is 52.5 Å². The van der Waals surface area contributed by atoms with Gasteiger partial charge >= 0.3 is 23.9 Å².